The van der Waals surface area contributed by atoms with Crippen LogP contribution in [0.5, 0.6) is 5.75 Å². The lowest BCUT2D eigenvalue weighted by molar-refractivity contribution is 0.0920. The summed E-state index contributed by atoms with van der Waals surface area (Å²) in [6.45, 7) is 5.69. The Morgan fingerprint density at radius 1 is 0.966 bits per heavy atom. The molecule has 0 aliphatic carbocycles. The Kier molecular flexibility index (Phi) is 5.68. The molecule has 0 aliphatic rings. The molecule has 0 unspecified atom stereocenters. The summed E-state index contributed by atoms with van der Waals surface area (Å²) in [4.78, 5) is 25.5. The van der Waals surface area contributed by atoms with Crippen molar-refractivity contribution in [3.8, 4) is 11.4 Å². The minimum Gasteiger partial charge on any atom is -0.493 e. The fourth-order valence-corrected chi connectivity index (χ4v) is 2.76. The van der Waals surface area contributed by atoms with Crippen molar-refractivity contribution in [3.05, 3.63) is 72.1 Å². The Balaban J connectivity index is 1.88. The van der Waals surface area contributed by atoms with E-state index in [0.29, 0.717) is 17.0 Å². The number of rotatable bonds is 5. The van der Waals surface area contributed by atoms with Crippen LogP contribution in [0, 0.1) is 0 Å². The number of carbonyl (C=O) groups excluding carboxylic acids is 2. The van der Waals surface area contributed by atoms with Crippen molar-refractivity contribution in [3.63, 3.8) is 0 Å². The van der Waals surface area contributed by atoms with Crippen LogP contribution < -0.4 is 15.4 Å². The summed E-state index contributed by atoms with van der Waals surface area (Å²) < 4.78 is 6.90. The van der Waals surface area contributed by atoms with Gasteiger partial charge in [-0.15, -0.1) is 0 Å². The average Bonchev–Trinajstić information content (AvgIpc) is 3.12. The number of methoxy groups -OCH3 is 1. The van der Waals surface area contributed by atoms with Crippen LogP contribution >= 0.6 is 0 Å². The summed E-state index contributed by atoms with van der Waals surface area (Å²) in [5.41, 5.74) is 1.30. The summed E-state index contributed by atoms with van der Waals surface area (Å²) in [5, 5.41) is 10.0. The number of hydrogen-bond acceptors (Lipinski definition) is 4. The molecule has 2 N–H and O–H groups in total. The first-order valence-electron chi connectivity index (χ1n) is 9.20. The smallest absolute Gasteiger partial charge is 0.280 e. The van der Waals surface area contributed by atoms with E-state index in [-0.39, 0.29) is 11.6 Å². The van der Waals surface area contributed by atoms with Crippen LogP contribution in [0.15, 0.2) is 60.8 Å². The maximum absolute atomic E-state index is 12.9. The van der Waals surface area contributed by atoms with Gasteiger partial charge in [0.2, 0.25) is 0 Å². The van der Waals surface area contributed by atoms with E-state index in [2.05, 4.69) is 15.7 Å². The first-order chi connectivity index (χ1) is 13.8. The van der Waals surface area contributed by atoms with E-state index in [1.807, 2.05) is 51.1 Å². The standard InChI is InChI=1S/C22H24N4O3/c1-22(2,3)24-20(27)16-12-8-9-13-17(16)23-21(28)19-18(29-4)14-26(25-19)15-10-6-5-7-11-15/h5-14H,1-4H3,(H,23,28)(H,24,27). The molecule has 0 saturated carbocycles. The number of ether oxygens (including phenoxy) is 1. The van der Waals surface area contributed by atoms with Crippen molar-refractivity contribution >= 4 is 17.5 Å². The number of benzene rings is 2. The van der Waals surface area contributed by atoms with Gasteiger partial charge in [-0.1, -0.05) is 30.3 Å². The van der Waals surface area contributed by atoms with E-state index >= 15 is 0 Å². The molecule has 1 heterocycles. The maximum atomic E-state index is 12.9. The van der Waals surface area contributed by atoms with E-state index in [0.717, 1.165) is 5.69 Å². The highest BCUT2D eigenvalue weighted by molar-refractivity contribution is 6.09. The van der Waals surface area contributed by atoms with Crippen molar-refractivity contribution in [2.45, 2.75) is 26.3 Å². The van der Waals surface area contributed by atoms with E-state index in [1.165, 1.54) is 7.11 Å². The first-order valence-corrected chi connectivity index (χ1v) is 9.20. The molecule has 3 aromatic rings. The number of nitrogens with one attached hydrogen (secondary N) is 2. The molecule has 0 fully saturated rings. The Bertz CT molecular complexity index is 1020. The monoisotopic (exact) mass is 392 g/mol. The molecule has 0 bridgehead atoms. The van der Waals surface area contributed by atoms with Crippen LogP contribution in [0.1, 0.15) is 41.6 Å². The zero-order chi connectivity index (χ0) is 21.0. The number of anilines is 1. The van der Waals surface area contributed by atoms with Crippen LogP contribution in [-0.4, -0.2) is 34.2 Å². The van der Waals surface area contributed by atoms with Crippen LogP contribution in [0.3, 0.4) is 0 Å². The van der Waals surface area contributed by atoms with Crippen molar-refractivity contribution in [2.24, 2.45) is 0 Å². The Morgan fingerprint density at radius 3 is 2.28 bits per heavy atom. The number of para-hydroxylation sites is 2. The molecule has 29 heavy (non-hydrogen) atoms. The predicted molar refractivity (Wildman–Crippen MR) is 112 cm³/mol. The molecule has 0 aliphatic heterocycles. The molecule has 7 heteroatoms. The van der Waals surface area contributed by atoms with Gasteiger partial charge in [-0.25, -0.2) is 4.68 Å². The summed E-state index contributed by atoms with van der Waals surface area (Å²) in [6, 6.07) is 16.3. The zero-order valence-corrected chi connectivity index (χ0v) is 16.9. The van der Waals surface area contributed by atoms with Gasteiger partial charge in [-0.2, -0.15) is 5.10 Å². The SMILES string of the molecule is COc1cn(-c2ccccc2)nc1C(=O)Nc1ccccc1C(=O)NC(C)(C)C. The lowest BCUT2D eigenvalue weighted by Crippen LogP contribution is -2.40. The summed E-state index contributed by atoms with van der Waals surface area (Å²) in [6.07, 6.45) is 1.64. The van der Waals surface area contributed by atoms with Crippen LogP contribution in [0.25, 0.3) is 5.69 Å². The van der Waals surface area contributed by atoms with Crippen LogP contribution in [0.4, 0.5) is 5.69 Å². The number of carbonyl (C=O) groups is 2. The Labute approximate surface area is 169 Å². The highest BCUT2D eigenvalue weighted by atomic mass is 16.5. The summed E-state index contributed by atoms with van der Waals surface area (Å²) in [7, 11) is 1.48. The van der Waals surface area contributed by atoms with Gasteiger partial charge in [-0.3, -0.25) is 9.59 Å². The first kappa shape index (κ1) is 20.1. The molecule has 0 saturated heterocycles. The highest BCUT2D eigenvalue weighted by Gasteiger charge is 2.22. The average molecular weight is 392 g/mol. The second kappa shape index (κ2) is 8.18. The lowest BCUT2D eigenvalue weighted by atomic mass is 10.1. The number of hydrogen-bond donors (Lipinski definition) is 2. The van der Waals surface area contributed by atoms with Crippen molar-refractivity contribution < 1.29 is 14.3 Å². The second-order valence-electron chi connectivity index (χ2n) is 7.53. The minimum absolute atomic E-state index is 0.127. The van der Waals surface area contributed by atoms with Gasteiger partial charge in [0.1, 0.15) is 0 Å². The molecule has 0 spiro atoms. The van der Waals surface area contributed by atoms with Gasteiger partial charge in [0.15, 0.2) is 11.4 Å². The van der Waals surface area contributed by atoms with E-state index in [1.54, 1.807) is 35.1 Å². The van der Waals surface area contributed by atoms with Crippen molar-refractivity contribution in [1.29, 1.82) is 0 Å². The fraction of sp³-hybridized carbons (Fsp3) is 0.227. The second-order valence-corrected chi connectivity index (χ2v) is 7.53. The number of aromatic nitrogens is 2. The van der Waals surface area contributed by atoms with E-state index in [4.69, 9.17) is 4.74 Å². The van der Waals surface area contributed by atoms with Gasteiger partial charge >= 0.3 is 0 Å². The van der Waals surface area contributed by atoms with Gasteiger partial charge in [-0.05, 0) is 45.0 Å². The van der Waals surface area contributed by atoms with Crippen molar-refractivity contribution in [2.75, 3.05) is 12.4 Å². The topological polar surface area (TPSA) is 85.2 Å². The van der Waals surface area contributed by atoms with Crippen LogP contribution in [-0.2, 0) is 0 Å². The predicted octanol–water partition coefficient (Wildman–Crippen LogP) is 3.66. The molecule has 2 aromatic carbocycles. The quantitative estimate of drug-likeness (QED) is 0.694. The molecule has 150 valence electrons. The summed E-state index contributed by atoms with van der Waals surface area (Å²) >= 11 is 0. The number of nitrogens with zero attached hydrogens (tertiary/aromatic N) is 2. The molecule has 0 radical (unpaired) electrons. The van der Waals surface area contributed by atoms with Crippen LogP contribution in [0.2, 0.25) is 0 Å². The third-order valence-corrected chi connectivity index (χ3v) is 4.04. The molecular weight excluding hydrogens is 368 g/mol. The molecule has 1 aromatic heterocycles. The zero-order valence-electron chi connectivity index (χ0n) is 16.9. The fourth-order valence-electron chi connectivity index (χ4n) is 2.76. The highest BCUT2D eigenvalue weighted by Crippen LogP contribution is 2.22. The molecule has 2 amide bonds. The van der Waals surface area contributed by atoms with E-state index < -0.39 is 11.4 Å². The normalized spacial score (nSPS) is 11.0. The summed E-state index contributed by atoms with van der Waals surface area (Å²) in [5.74, 6) is -0.398. The van der Waals surface area contributed by atoms with E-state index in [9.17, 15) is 9.59 Å². The van der Waals surface area contributed by atoms with Gasteiger partial charge < -0.3 is 15.4 Å². The van der Waals surface area contributed by atoms with Gasteiger partial charge in [0.25, 0.3) is 11.8 Å². The third-order valence-electron chi connectivity index (χ3n) is 4.04. The lowest BCUT2D eigenvalue weighted by Gasteiger charge is -2.21. The largest absolute Gasteiger partial charge is 0.493 e. The third kappa shape index (κ3) is 4.82. The number of amides is 2. The maximum Gasteiger partial charge on any atom is 0.280 e. The molecule has 3 rings (SSSR count). The molecule has 0 atom stereocenters. The van der Waals surface area contributed by atoms with Crippen molar-refractivity contribution in [1.82, 2.24) is 15.1 Å². The molecular formula is C22H24N4O3. The minimum atomic E-state index is -0.465. The Morgan fingerprint density at radius 2 is 1.62 bits per heavy atom. The molecule has 7 nitrogen and oxygen atoms in total. The van der Waals surface area contributed by atoms with Gasteiger partial charge in [0.05, 0.1) is 30.2 Å². The Hall–Kier alpha value is -3.61. The van der Waals surface area contributed by atoms with Gasteiger partial charge in [0, 0.05) is 5.54 Å².